The molecule has 4 nitrogen and oxygen atoms in total. The molecule has 0 aromatic heterocycles. The highest BCUT2D eigenvalue weighted by Gasteiger charge is 2.38. The van der Waals surface area contributed by atoms with Crippen LogP contribution in [0.1, 0.15) is 33.6 Å². The average Bonchev–Trinajstić information content (AvgIpc) is 2.24. The van der Waals surface area contributed by atoms with E-state index < -0.39 is 6.09 Å². The van der Waals surface area contributed by atoms with E-state index in [9.17, 15) is 9.90 Å². The van der Waals surface area contributed by atoms with Gasteiger partial charge in [-0.05, 0) is 18.3 Å². The number of terminal acetylenes is 1. The Kier molecular flexibility index (Phi) is 4.41. The molecule has 0 saturated carbocycles. The maximum atomic E-state index is 11.2. The third-order valence-corrected chi connectivity index (χ3v) is 3.20. The largest absolute Gasteiger partial charge is 0.465 e. The normalized spacial score (nSPS) is 25.4. The van der Waals surface area contributed by atoms with Crippen LogP contribution in [0.25, 0.3) is 0 Å². The third kappa shape index (κ3) is 3.64. The summed E-state index contributed by atoms with van der Waals surface area (Å²) in [6.07, 6.45) is 5.83. The van der Waals surface area contributed by atoms with E-state index in [-0.39, 0.29) is 17.6 Å². The van der Waals surface area contributed by atoms with Crippen molar-refractivity contribution in [1.82, 2.24) is 4.90 Å². The minimum Gasteiger partial charge on any atom is -0.465 e. The van der Waals surface area contributed by atoms with E-state index in [1.54, 1.807) is 0 Å². The lowest BCUT2D eigenvalue weighted by Gasteiger charge is -2.44. The smallest absolute Gasteiger partial charge is 0.407 e. The summed E-state index contributed by atoms with van der Waals surface area (Å²) in [4.78, 5) is 12.7. The molecular weight excluding hydrogens is 218 g/mol. The van der Waals surface area contributed by atoms with Crippen molar-refractivity contribution in [2.24, 2.45) is 5.41 Å². The van der Waals surface area contributed by atoms with Crippen molar-refractivity contribution < 1.29 is 14.6 Å². The Labute approximate surface area is 103 Å². The molecule has 4 heteroatoms. The number of nitrogens with zero attached hydrogens (tertiary/aromatic N) is 1. The first-order valence-electron chi connectivity index (χ1n) is 5.91. The van der Waals surface area contributed by atoms with Crippen LogP contribution in [0.4, 0.5) is 4.79 Å². The van der Waals surface area contributed by atoms with Gasteiger partial charge in [0.2, 0.25) is 0 Å². The first-order valence-corrected chi connectivity index (χ1v) is 5.91. The van der Waals surface area contributed by atoms with Gasteiger partial charge in [0.05, 0.1) is 6.10 Å². The van der Waals surface area contributed by atoms with E-state index in [1.165, 1.54) is 4.90 Å². The van der Waals surface area contributed by atoms with Gasteiger partial charge in [0.1, 0.15) is 6.61 Å². The van der Waals surface area contributed by atoms with Crippen LogP contribution in [0.15, 0.2) is 0 Å². The van der Waals surface area contributed by atoms with Crippen molar-refractivity contribution in [1.29, 1.82) is 0 Å². The molecular formula is C13H21NO3. The van der Waals surface area contributed by atoms with Gasteiger partial charge in [-0.15, -0.1) is 6.42 Å². The van der Waals surface area contributed by atoms with Gasteiger partial charge in [0.15, 0.2) is 0 Å². The summed E-state index contributed by atoms with van der Waals surface area (Å²) in [5.41, 5.74) is -0.0867. The Morgan fingerprint density at radius 1 is 1.59 bits per heavy atom. The van der Waals surface area contributed by atoms with E-state index in [1.807, 2.05) is 0 Å². The summed E-state index contributed by atoms with van der Waals surface area (Å²) in [6, 6.07) is -0.0171. The minimum atomic E-state index is -0.847. The number of ether oxygens (including phenoxy) is 1. The second-order valence-corrected chi connectivity index (χ2v) is 5.52. The molecule has 1 aliphatic heterocycles. The Balaban J connectivity index is 2.71. The molecule has 1 rings (SSSR count). The molecule has 1 N–H and O–H groups in total. The molecule has 0 aromatic rings. The van der Waals surface area contributed by atoms with Crippen LogP contribution in [0, 0.1) is 17.8 Å². The van der Waals surface area contributed by atoms with Gasteiger partial charge < -0.3 is 14.7 Å². The van der Waals surface area contributed by atoms with Gasteiger partial charge in [0.25, 0.3) is 0 Å². The molecule has 0 radical (unpaired) electrons. The van der Waals surface area contributed by atoms with E-state index in [0.717, 1.165) is 12.8 Å². The number of hydrogen-bond acceptors (Lipinski definition) is 2. The van der Waals surface area contributed by atoms with Crippen molar-refractivity contribution in [3.05, 3.63) is 0 Å². The topological polar surface area (TPSA) is 49.8 Å². The molecule has 0 aromatic carbocycles. The zero-order chi connectivity index (χ0) is 13.1. The van der Waals surface area contributed by atoms with Gasteiger partial charge in [-0.1, -0.05) is 26.7 Å². The number of likely N-dealkylation sites (tertiary alicyclic amines) is 1. The second kappa shape index (κ2) is 5.42. The lowest BCUT2D eigenvalue weighted by Crippen LogP contribution is -2.53. The minimum absolute atomic E-state index is 0.0171. The lowest BCUT2D eigenvalue weighted by molar-refractivity contribution is -0.0247. The number of carboxylic acid groups (broad SMARTS) is 1. The summed E-state index contributed by atoms with van der Waals surface area (Å²) in [7, 11) is 0. The van der Waals surface area contributed by atoms with E-state index in [4.69, 9.17) is 11.2 Å². The number of hydrogen-bond donors (Lipinski definition) is 1. The van der Waals surface area contributed by atoms with Gasteiger partial charge in [-0.2, -0.15) is 0 Å². The van der Waals surface area contributed by atoms with Crippen LogP contribution in [-0.2, 0) is 4.74 Å². The van der Waals surface area contributed by atoms with Crippen LogP contribution in [-0.4, -0.2) is 41.4 Å². The summed E-state index contributed by atoms with van der Waals surface area (Å²) in [5, 5.41) is 9.19. The summed E-state index contributed by atoms with van der Waals surface area (Å²) in [5.74, 6) is 2.45. The average molecular weight is 239 g/mol. The molecule has 2 unspecified atom stereocenters. The van der Waals surface area contributed by atoms with Crippen LogP contribution >= 0.6 is 0 Å². The van der Waals surface area contributed by atoms with Crippen LogP contribution in [0.3, 0.4) is 0 Å². The zero-order valence-electron chi connectivity index (χ0n) is 10.8. The Bertz CT molecular complexity index is 314. The fourth-order valence-corrected chi connectivity index (χ4v) is 2.30. The second-order valence-electron chi connectivity index (χ2n) is 5.52. The molecule has 1 heterocycles. The predicted octanol–water partition coefficient (Wildman–Crippen LogP) is 2.19. The zero-order valence-corrected chi connectivity index (χ0v) is 10.8. The highest BCUT2D eigenvalue weighted by Crippen LogP contribution is 2.32. The maximum absolute atomic E-state index is 11.2. The Morgan fingerprint density at radius 2 is 2.24 bits per heavy atom. The standard InChI is InChI=1S/C13H21NO3/c1-5-8-17-10-6-7-14(12(15)16)11(9-10)13(2,3)4/h1,10-11H,6-9H2,2-4H3,(H,15,16). The van der Waals surface area contributed by atoms with Gasteiger partial charge in [-0.3, -0.25) is 0 Å². The molecule has 17 heavy (non-hydrogen) atoms. The van der Waals surface area contributed by atoms with Crippen LogP contribution in [0.5, 0.6) is 0 Å². The Morgan fingerprint density at radius 3 is 2.71 bits per heavy atom. The lowest BCUT2D eigenvalue weighted by atomic mass is 9.80. The molecule has 1 amide bonds. The van der Waals surface area contributed by atoms with Crippen molar-refractivity contribution in [2.75, 3.05) is 13.2 Å². The first-order chi connectivity index (χ1) is 7.86. The molecule has 1 saturated heterocycles. The van der Waals surface area contributed by atoms with Crippen LogP contribution in [0.2, 0.25) is 0 Å². The summed E-state index contributed by atoms with van der Waals surface area (Å²) in [6.45, 7) is 6.98. The molecule has 2 atom stereocenters. The maximum Gasteiger partial charge on any atom is 0.407 e. The van der Waals surface area contributed by atoms with Crippen LogP contribution < -0.4 is 0 Å². The number of piperidine rings is 1. The quantitative estimate of drug-likeness (QED) is 0.751. The molecule has 0 aliphatic carbocycles. The number of amides is 1. The molecule has 0 bridgehead atoms. The monoisotopic (exact) mass is 239 g/mol. The fourth-order valence-electron chi connectivity index (χ4n) is 2.30. The van der Waals surface area contributed by atoms with Gasteiger partial charge in [0, 0.05) is 12.6 Å². The van der Waals surface area contributed by atoms with Crippen molar-refractivity contribution in [2.45, 2.75) is 45.8 Å². The highest BCUT2D eigenvalue weighted by atomic mass is 16.5. The van der Waals surface area contributed by atoms with Crippen molar-refractivity contribution in [3.8, 4) is 12.3 Å². The Hall–Kier alpha value is -1.21. The molecule has 1 aliphatic rings. The van der Waals surface area contributed by atoms with Gasteiger partial charge >= 0.3 is 6.09 Å². The predicted molar refractivity (Wildman–Crippen MR) is 65.8 cm³/mol. The third-order valence-electron chi connectivity index (χ3n) is 3.20. The number of rotatable bonds is 2. The number of carbonyl (C=O) groups is 1. The summed E-state index contributed by atoms with van der Waals surface area (Å²) < 4.78 is 5.53. The molecule has 0 spiro atoms. The SMILES string of the molecule is C#CCOC1CCN(C(=O)O)C(C(C)(C)C)C1. The molecule has 96 valence electrons. The van der Waals surface area contributed by atoms with E-state index in [2.05, 4.69) is 26.7 Å². The molecule has 1 fully saturated rings. The van der Waals surface area contributed by atoms with Gasteiger partial charge in [-0.25, -0.2) is 4.79 Å². The van der Waals surface area contributed by atoms with Crippen molar-refractivity contribution in [3.63, 3.8) is 0 Å². The summed E-state index contributed by atoms with van der Waals surface area (Å²) >= 11 is 0. The van der Waals surface area contributed by atoms with E-state index in [0.29, 0.717) is 13.2 Å². The fraction of sp³-hybridized carbons (Fsp3) is 0.769. The first kappa shape index (κ1) is 13.9. The highest BCUT2D eigenvalue weighted by molar-refractivity contribution is 5.65. The van der Waals surface area contributed by atoms with E-state index >= 15 is 0 Å². The van der Waals surface area contributed by atoms with Crippen molar-refractivity contribution >= 4 is 6.09 Å².